The maximum absolute atomic E-state index is 5.84. The van der Waals surface area contributed by atoms with Gasteiger partial charge in [-0.05, 0) is 61.9 Å². The predicted octanol–water partition coefficient (Wildman–Crippen LogP) is 5.40. The van der Waals surface area contributed by atoms with Crippen LogP contribution in [0.15, 0.2) is 48.5 Å². The molecule has 0 spiro atoms. The lowest BCUT2D eigenvalue weighted by Gasteiger charge is -2.17. The number of hydrogen-bond acceptors (Lipinski definition) is 6. The molecule has 0 aliphatic heterocycles. The lowest BCUT2D eigenvalue weighted by Crippen LogP contribution is -2.26. The fourth-order valence-electron chi connectivity index (χ4n) is 2.46. The van der Waals surface area contributed by atoms with Gasteiger partial charge in [-0.15, -0.1) is 0 Å². The van der Waals surface area contributed by atoms with E-state index in [1.54, 1.807) is 23.9 Å². The van der Waals surface area contributed by atoms with Gasteiger partial charge in [0, 0.05) is 36.5 Å². The molecule has 4 nitrogen and oxygen atoms in total. The Morgan fingerprint density at radius 3 is 2.26 bits per heavy atom. The highest BCUT2D eigenvalue weighted by molar-refractivity contribution is 8.00. The van der Waals surface area contributed by atoms with Crippen molar-refractivity contribution in [3.05, 3.63) is 54.1 Å². The highest BCUT2D eigenvalue weighted by Gasteiger charge is 2.02. The van der Waals surface area contributed by atoms with E-state index in [2.05, 4.69) is 52.6 Å². The molecule has 0 bridgehead atoms. The van der Waals surface area contributed by atoms with Crippen molar-refractivity contribution in [3.8, 4) is 5.75 Å². The van der Waals surface area contributed by atoms with Gasteiger partial charge in [0.15, 0.2) is 0 Å². The van der Waals surface area contributed by atoms with E-state index < -0.39 is 0 Å². The van der Waals surface area contributed by atoms with E-state index >= 15 is 0 Å². The average Bonchev–Trinajstić information content (AvgIpc) is 2.69. The second kappa shape index (κ2) is 12.8. The molecule has 0 radical (unpaired) electrons. The fourth-order valence-corrected chi connectivity index (χ4v) is 3.44. The first-order valence-corrected chi connectivity index (χ1v) is 11.6. The zero-order valence-electron chi connectivity index (χ0n) is 16.5. The summed E-state index contributed by atoms with van der Waals surface area (Å²) in [6, 6.07) is 16.8. The molecule has 148 valence electrons. The summed E-state index contributed by atoms with van der Waals surface area (Å²) in [7, 11) is 2.15. The summed E-state index contributed by atoms with van der Waals surface area (Å²) in [4.78, 5) is 2.31. The molecular weight excluding hydrogens is 374 g/mol. The van der Waals surface area contributed by atoms with Crippen LogP contribution in [0.1, 0.15) is 18.9 Å². The standard InChI is InChI=1S/C21H31N3OS2/c1-4-17-27-23-20-7-5-18(6-8-20)13-14-24(2)15-16-25-21-11-9-19(10-12-21)22-26-3/h5-12,22-23H,4,13-17H2,1-3H3. The Bertz CT molecular complexity index is 635. The summed E-state index contributed by atoms with van der Waals surface area (Å²) in [5.74, 6) is 2.05. The number of likely N-dealkylation sites (N-methyl/N-ethyl adjacent to an activating group) is 1. The van der Waals surface area contributed by atoms with E-state index in [-0.39, 0.29) is 0 Å². The molecule has 0 fully saturated rings. The van der Waals surface area contributed by atoms with Crippen LogP contribution < -0.4 is 14.2 Å². The number of benzene rings is 2. The van der Waals surface area contributed by atoms with Crippen LogP contribution in [0.25, 0.3) is 0 Å². The minimum absolute atomic E-state index is 0.698. The van der Waals surface area contributed by atoms with Crippen LogP contribution >= 0.6 is 23.9 Å². The second-order valence-corrected chi connectivity index (χ2v) is 7.89. The first kappa shape index (κ1) is 21.8. The van der Waals surface area contributed by atoms with Crippen LogP contribution in [-0.4, -0.2) is 43.7 Å². The molecule has 0 amide bonds. The van der Waals surface area contributed by atoms with Crippen LogP contribution in [0.5, 0.6) is 5.75 Å². The minimum Gasteiger partial charge on any atom is -0.492 e. The Kier molecular flexibility index (Phi) is 10.3. The first-order valence-electron chi connectivity index (χ1n) is 9.38. The molecule has 2 N–H and O–H groups in total. The van der Waals surface area contributed by atoms with Crippen LogP contribution in [0.3, 0.4) is 0 Å². The summed E-state index contributed by atoms with van der Waals surface area (Å²) in [5.41, 5.74) is 3.64. The second-order valence-electron chi connectivity index (χ2n) is 6.38. The van der Waals surface area contributed by atoms with Crippen LogP contribution in [0, 0.1) is 0 Å². The third-order valence-corrected chi connectivity index (χ3v) is 5.48. The van der Waals surface area contributed by atoms with E-state index in [4.69, 9.17) is 4.74 Å². The van der Waals surface area contributed by atoms with E-state index in [1.165, 1.54) is 17.7 Å². The van der Waals surface area contributed by atoms with E-state index in [9.17, 15) is 0 Å². The molecular formula is C21H31N3OS2. The van der Waals surface area contributed by atoms with Crippen molar-refractivity contribution in [2.45, 2.75) is 19.8 Å². The SMILES string of the molecule is CCCSNc1ccc(CCN(C)CCOc2ccc(NSC)cc2)cc1. The third-order valence-electron chi connectivity index (χ3n) is 4.05. The lowest BCUT2D eigenvalue weighted by atomic mass is 10.1. The molecule has 0 atom stereocenters. The van der Waals surface area contributed by atoms with Gasteiger partial charge < -0.3 is 19.1 Å². The Labute approximate surface area is 172 Å². The summed E-state index contributed by atoms with van der Waals surface area (Å²) in [5, 5.41) is 0. The van der Waals surface area contributed by atoms with Gasteiger partial charge in [0.2, 0.25) is 0 Å². The zero-order valence-corrected chi connectivity index (χ0v) is 18.2. The monoisotopic (exact) mass is 405 g/mol. The van der Waals surface area contributed by atoms with Gasteiger partial charge in [-0.1, -0.05) is 43.0 Å². The molecule has 0 aliphatic rings. The molecule has 0 saturated heterocycles. The van der Waals surface area contributed by atoms with Crippen molar-refractivity contribution in [2.24, 2.45) is 0 Å². The Balaban J connectivity index is 1.63. The molecule has 0 saturated carbocycles. The summed E-state index contributed by atoms with van der Waals surface area (Å²) < 4.78 is 12.4. The highest BCUT2D eigenvalue weighted by atomic mass is 32.2. The number of nitrogens with zero attached hydrogens (tertiary/aromatic N) is 1. The van der Waals surface area contributed by atoms with Gasteiger partial charge in [-0.3, -0.25) is 0 Å². The van der Waals surface area contributed by atoms with Crippen molar-refractivity contribution in [1.82, 2.24) is 4.90 Å². The van der Waals surface area contributed by atoms with Gasteiger partial charge in [-0.2, -0.15) is 0 Å². The summed E-state index contributed by atoms with van der Waals surface area (Å²) in [6.45, 7) is 4.83. The molecule has 2 rings (SSSR count). The van der Waals surface area contributed by atoms with Crippen molar-refractivity contribution >= 4 is 35.3 Å². The topological polar surface area (TPSA) is 36.5 Å². The van der Waals surface area contributed by atoms with Gasteiger partial charge in [0.25, 0.3) is 0 Å². The Morgan fingerprint density at radius 2 is 1.59 bits per heavy atom. The Morgan fingerprint density at radius 1 is 0.926 bits per heavy atom. The van der Waals surface area contributed by atoms with Crippen molar-refractivity contribution in [1.29, 1.82) is 0 Å². The third kappa shape index (κ3) is 8.82. The smallest absolute Gasteiger partial charge is 0.119 e. The van der Waals surface area contributed by atoms with Gasteiger partial charge in [0.05, 0.1) is 0 Å². The Hall–Kier alpha value is -1.50. The number of ether oxygens (including phenoxy) is 1. The van der Waals surface area contributed by atoms with Crippen molar-refractivity contribution < 1.29 is 4.74 Å². The molecule has 0 unspecified atom stereocenters. The number of hydrogen-bond donors (Lipinski definition) is 2. The van der Waals surface area contributed by atoms with Crippen molar-refractivity contribution in [3.63, 3.8) is 0 Å². The normalized spacial score (nSPS) is 10.8. The van der Waals surface area contributed by atoms with Crippen LogP contribution in [0.2, 0.25) is 0 Å². The quantitative estimate of drug-likeness (QED) is 0.343. The molecule has 0 heterocycles. The maximum atomic E-state index is 5.84. The molecule has 27 heavy (non-hydrogen) atoms. The number of rotatable bonds is 13. The van der Waals surface area contributed by atoms with Crippen LogP contribution in [0.4, 0.5) is 11.4 Å². The van der Waals surface area contributed by atoms with Gasteiger partial charge >= 0.3 is 0 Å². The van der Waals surface area contributed by atoms with E-state index in [0.29, 0.717) is 6.61 Å². The number of anilines is 2. The zero-order chi connectivity index (χ0) is 19.3. The van der Waals surface area contributed by atoms with Gasteiger partial charge in [0.1, 0.15) is 12.4 Å². The highest BCUT2D eigenvalue weighted by Crippen LogP contribution is 2.17. The minimum atomic E-state index is 0.698. The summed E-state index contributed by atoms with van der Waals surface area (Å²) >= 11 is 3.35. The molecule has 0 aliphatic carbocycles. The number of nitrogens with one attached hydrogen (secondary N) is 2. The van der Waals surface area contributed by atoms with Gasteiger partial charge in [-0.25, -0.2) is 0 Å². The predicted molar refractivity (Wildman–Crippen MR) is 123 cm³/mol. The average molecular weight is 406 g/mol. The fraction of sp³-hybridized carbons (Fsp3) is 0.429. The molecule has 0 aromatic heterocycles. The molecule has 6 heteroatoms. The first-order chi connectivity index (χ1) is 13.2. The van der Waals surface area contributed by atoms with Crippen LogP contribution in [-0.2, 0) is 6.42 Å². The van der Waals surface area contributed by atoms with Crippen molar-refractivity contribution in [2.75, 3.05) is 48.2 Å². The largest absolute Gasteiger partial charge is 0.492 e. The lowest BCUT2D eigenvalue weighted by molar-refractivity contribution is 0.239. The van der Waals surface area contributed by atoms with E-state index in [0.717, 1.165) is 36.7 Å². The maximum Gasteiger partial charge on any atom is 0.119 e. The summed E-state index contributed by atoms with van der Waals surface area (Å²) in [6.07, 6.45) is 4.25. The molecule has 2 aromatic rings. The molecule has 2 aromatic carbocycles. The van der Waals surface area contributed by atoms with E-state index in [1.807, 2.05) is 30.5 Å².